The van der Waals surface area contributed by atoms with Crippen LogP contribution >= 0.6 is 27.3 Å². The second-order valence-electron chi connectivity index (χ2n) is 3.98. The largest absolute Gasteiger partial charge is 0.497 e. The average molecular weight is 335 g/mol. The molecule has 0 radical (unpaired) electrons. The van der Waals surface area contributed by atoms with Gasteiger partial charge in [-0.15, -0.1) is 0 Å². The van der Waals surface area contributed by atoms with Gasteiger partial charge in [0.15, 0.2) is 5.13 Å². The highest BCUT2D eigenvalue weighted by molar-refractivity contribution is 9.10. The number of nitrogens with zero attached hydrogens (tertiary/aromatic N) is 1. The van der Waals surface area contributed by atoms with E-state index in [0.29, 0.717) is 0 Å². The van der Waals surface area contributed by atoms with Crippen LogP contribution in [0, 0.1) is 0 Å². The number of hydrogen-bond donors (Lipinski definition) is 1. The lowest BCUT2D eigenvalue weighted by molar-refractivity contribution is 0.415. The number of thiazole rings is 1. The maximum atomic E-state index is 5.20. The highest BCUT2D eigenvalue weighted by atomic mass is 79.9. The fraction of sp³-hybridized carbons (Fsp3) is 0.0714. The molecule has 0 amide bonds. The predicted octanol–water partition coefficient (Wildman–Crippen LogP) is 4.81. The molecule has 1 heterocycles. The van der Waals surface area contributed by atoms with Crippen molar-refractivity contribution in [1.29, 1.82) is 0 Å². The number of ether oxygens (including phenoxy) is 1. The molecular formula is C14H11BrN2OS. The van der Waals surface area contributed by atoms with Gasteiger partial charge < -0.3 is 10.1 Å². The summed E-state index contributed by atoms with van der Waals surface area (Å²) in [5.41, 5.74) is 1.97. The first-order chi connectivity index (χ1) is 9.24. The molecule has 0 aliphatic carbocycles. The SMILES string of the molecule is COc1ccc2sc(Nc3ccc(Br)cc3)nc2c1. The van der Waals surface area contributed by atoms with Gasteiger partial charge in [-0.3, -0.25) is 0 Å². The van der Waals surface area contributed by atoms with Crippen LogP contribution in [-0.4, -0.2) is 12.1 Å². The summed E-state index contributed by atoms with van der Waals surface area (Å²) in [6, 6.07) is 13.9. The summed E-state index contributed by atoms with van der Waals surface area (Å²) in [5, 5.41) is 4.18. The van der Waals surface area contributed by atoms with Gasteiger partial charge in [0, 0.05) is 16.2 Å². The van der Waals surface area contributed by atoms with E-state index in [4.69, 9.17) is 4.74 Å². The third-order valence-electron chi connectivity index (χ3n) is 2.69. The third kappa shape index (κ3) is 2.72. The first-order valence-electron chi connectivity index (χ1n) is 5.72. The van der Waals surface area contributed by atoms with E-state index in [0.717, 1.165) is 31.3 Å². The number of rotatable bonds is 3. The Morgan fingerprint density at radius 3 is 2.68 bits per heavy atom. The van der Waals surface area contributed by atoms with Crippen LogP contribution in [-0.2, 0) is 0 Å². The zero-order valence-corrected chi connectivity index (χ0v) is 12.6. The van der Waals surface area contributed by atoms with Crippen LogP contribution in [0.25, 0.3) is 10.2 Å². The highest BCUT2D eigenvalue weighted by Crippen LogP contribution is 2.30. The number of methoxy groups -OCH3 is 1. The van der Waals surface area contributed by atoms with Crippen molar-refractivity contribution in [3.63, 3.8) is 0 Å². The van der Waals surface area contributed by atoms with Crippen LogP contribution in [0.1, 0.15) is 0 Å². The molecule has 0 aliphatic heterocycles. The van der Waals surface area contributed by atoms with Crippen LogP contribution in [0.4, 0.5) is 10.8 Å². The van der Waals surface area contributed by atoms with Gasteiger partial charge in [-0.25, -0.2) is 4.98 Å². The van der Waals surface area contributed by atoms with Gasteiger partial charge in [-0.05, 0) is 36.4 Å². The second-order valence-corrected chi connectivity index (χ2v) is 5.93. The van der Waals surface area contributed by atoms with E-state index in [1.807, 2.05) is 42.5 Å². The van der Waals surface area contributed by atoms with Crippen molar-refractivity contribution in [3.8, 4) is 5.75 Å². The van der Waals surface area contributed by atoms with Gasteiger partial charge in [-0.2, -0.15) is 0 Å². The minimum atomic E-state index is 0.827. The fourth-order valence-electron chi connectivity index (χ4n) is 1.74. The van der Waals surface area contributed by atoms with Crippen molar-refractivity contribution in [1.82, 2.24) is 4.98 Å². The molecule has 0 saturated carbocycles. The molecule has 3 aromatic rings. The zero-order valence-electron chi connectivity index (χ0n) is 10.2. The van der Waals surface area contributed by atoms with Gasteiger partial charge in [-0.1, -0.05) is 27.3 Å². The smallest absolute Gasteiger partial charge is 0.188 e. The van der Waals surface area contributed by atoms with Crippen molar-refractivity contribution in [3.05, 3.63) is 46.9 Å². The van der Waals surface area contributed by atoms with Gasteiger partial charge in [0.1, 0.15) is 5.75 Å². The fourth-order valence-corrected chi connectivity index (χ4v) is 2.88. The molecule has 96 valence electrons. The molecule has 0 bridgehead atoms. The number of halogens is 1. The molecule has 0 unspecified atom stereocenters. The monoisotopic (exact) mass is 334 g/mol. The molecule has 0 aliphatic rings. The molecule has 0 atom stereocenters. The standard InChI is InChI=1S/C14H11BrN2OS/c1-18-11-6-7-13-12(8-11)17-14(19-13)16-10-4-2-9(15)3-5-10/h2-8H,1H3,(H,16,17). The molecule has 0 spiro atoms. The third-order valence-corrected chi connectivity index (χ3v) is 4.17. The quantitative estimate of drug-likeness (QED) is 0.746. The van der Waals surface area contributed by atoms with E-state index in [1.165, 1.54) is 0 Å². The number of fused-ring (bicyclic) bond motifs is 1. The number of nitrogens with one attached hydrogen (secondary N) is 1. The van der Waals surface area contributed by atoms with Gasteiger partial charge in [0.25, 0.3) is 0 Å². The Balaban J connectivity index is 1.90. The summed E-state index contributed by atoms with van der Waals surface area (Å²) in [6.45, 7) is 0. The molecule has 3 nitrogen and oxygen atoms in total. The van der Waals surface area contributed by atoms with E-state index < -0.39 is 0 Å². The summed E-state index contributed by atoms with van der Waals surface area (Å²) < 4.78 is 7.40. The summed E-state index contributed by atoms with van der Waals surface area (Å²) >= 11 is 5.05. The van der Waals surface area contributed by atoms with Gasteiger partial charge >= 0.3 is 0 Å². The summed E-state index contributed by atoms with van der Waals surface area (Å²) in [7, 11) is 1.66. The molecule has 0 saturated heterocycles. The Hall–Kier alpha value is -1.59. The average Bonchev–Trinajstić information content (AvgIpc) is 2.82. The van der Waals surface area contributed by atoms with Crippen molar-refractivity contribution in [2.24, 2.45) is 0 Å². The lowest BCUT2D eigenvalue weighted by Gasteiger charge is -2.01. The minimum Gasteiger partial charge on any atom is -0.497 e. The first-order valence-corrected chi connectivity index (χ1v) is 7.33. The Kier molecular flexibility index (Phi) is 3.40. The molecule has 5 heteroatoms. The normalized spacial score (nSPS) is 10.6. The molecule has 1 N–H and O–H groups in total. The van der Waals surface area contributed by atoms with E-state index in [-0.39, 0.29) is 0 Å². The van der Waals surface area contributed by atoms with E-state index in [1.54, 1.807) is 18.4 Å². The van der Waals surface area contributed by atoms with E-state index >= 15 is 0 Å². The predicted molar refractivity (Wildman–Crippen MR) is 83.6 cm³/mol. The number of aromatic nitrogens is 1. The van der Waals surface area contributed by atoms with Crippen molar-refractivity contribution >= 4 is 48.3 Å². The number of anilines is 2. The lowest BCUT2D eigenvalue weighted by Crippen LogP contribution is -1.88. The van der Waals surface area contributed by atoms with Gasteiger partial charge in [0.05, 0.1) is 17.3 Å². The molecule has 1 aromatic heterocycles. The Bertz CT molecular complexity index is 709. The zero-order chi connectivity index (χ0) is 13.2. The topological polar surface area (TPSA) is 34.1 Å². The summed E-state index contributed by atoms with van der Waals surface area (Å²) in [4.78, 5) is 4.55. The van der Waals surface area contributed by atoms with Crippen molar-refractivity contribution in [2.45, 2.75) is 0 Å². The lowest BCUT2D eigenvalue weighted by atomic mass is 10.3. The molecule has 3 rings (SSSR count). The second kappa shape index (κ2) is 5.19. The van der Waals surface area contributed by atoms with Crippen LogP contribution < -0.4 is 10.1 Å². The molecule has 2 aromatic carbocycles. The van der Waals surface area contributed by atoms with E-state index in [9.17, 15) is 0 Å². The molecule has 19 heavy (non-hydrogen) atoms. The van der Waals surface area contributed by atoms with Crippen molar-refractivity contribution in [2.75, 3.05) is 12.4 Å². The van der Waals surface area contributed by atoms with Gasteiger partial charge in [0.2, 0.25) is 0 Å². The number of hydrogen-bond acceptors (Lipinski definition) is 4. The van der Waals surface area contributed by atoms with E-state index in [2.05, 4.69) is 26.2 Å². The molecule has 0 fully saturated rings. The van der Waals surface area contributed by atoms with Crippen LogP contribution in [0.15, 0.2) is 46.9 Å². The van der Waals surface area contributed by atoms with Crippen LogP contribution in [0.5, 0.6) is 5.75 Å². The maximum Gasteiger partial charge on any atom is 0.188 e. The Morgan fingerprint density at radius 2 is 1.95 bits per heavy atom. The summed E-state index contributed by atoms with van der Waals surface area (Å²) in [6.07, 6.45) is 0. The van der Waals surface area contributed by atoms with Crippen molar-refractivity contribution < 1.29 is 4.74 Å². The Labute approximate surface area is 123 Å². The minimum absolute atomic E-state index is 0.827. The maximum absolute atomic E-state index is 5.20. The first kappa shape index (κ1) is 12.4. The van der Waals surface area contributed by atoms with Crippen LogP contribution in [0.3, 0.4) is 0 Å². The Morgan fingerprint density at radius 1 is 1.16 bits per heavy atom. The highest BCUT2D eigenvalue weighted by Gasteiger charge is 2.05. The molecular weight excluding hydrogens is 324 g/mol. The number of benzene rings is 2. The van der Waals surface area contributed by atoms with Crippen LogP contribution in [0.2, 0.25) is 0 Å². The summed E-state index contributed by atoms with van der Waals surface area (Å²) in [5.74, 6) is 0.827.